The van der Waals surface area contributed by atoms with E-state index in [9.17, 15) is 4.79 Å². The van der Waals surface area contributed by atoms with Crippen molar-refractivity contribution in [1.82, 2.24) is 25.5 Å². The molecule has 27 heavy (non-hydrogen) atoms. The number of halogens is 1. The highest BCUT2D eigenvalue weighted by molar-refractivity contribution is 6.30. The quantitative estimate of drug-likeness (QED) is 0.672. The monoisotopic (exact) mass is 388 g/mol. The van der Waals surface area contributed by atoms with Gasteiger partial charge in [0.25, 0.3) is 0 Å². The van der Waals surface area contributed by atoms with Gasteiger partial charge in [-0.2, -0.15) is 4.68 Å². The van der Waals surface area contributed by atoms with Crippen LogP contribution in [0.2, 0.25) is 5.02 Å². The van der Waals surface area contributed by atoms with E-state index in [-0.39, 0.29) is 6.54 Å². The Morgan fingerprint density at radius 2 is 1.93 bits per heavy atom. The largest absolute Gasteiger partial charge is 0.493 e. The first kappa shape index (κ1) is 18.5. The molecule has 0 saturated heterocycles. The molecular weight excluding hydrogens is 372 g/mol. The Morgan fingerprint density at radius 1 is 1.15 bits per heavy atom. The lowest BCUT2D eigenvalue weighted by molar-refractivity contribution is 0.251. The van der Waals surface area contributed by atoms with Crippen LogP contribution in [0.1, 0.15) is 5.82 Å². The summed E-state index contributed by atoms with van der Waals surface area (Å²) < 4.78 is 12.0. The number of nitrogens with zero attached hydrogens (tertiary/aromatic N) is 4. The molecule has 0 fully saturated rings. The van der Waals surface area contributed by atoms with Gasteiger partial charge < -0.3 is 20.1 Å². The highest BCUT2D eigenvalue weighted by atomic mass is 35.5. The lowest BCUT2D eigenvalue weighted by Gasteiger charge is -2.13. The molecule has 0 aliphatic carbocycles. The molecule has 0 radical (unpaired) electrons. The van der Waals surface area contributed by atoms with Crippen LogP contribution in [0, 0.1) is 0 Å². The number of benzene rings is 2. The molecule has 10 heteroatoms. The standard InChI is InChI=1S/C17H17ClN6O3/c1-26-14-5-3-4-13(16(14)27-2)20-17(25)19-10-15-21-22-23-24(15)12-8-6-11(18)7-9-12/h3-9H,10H2,1-2H3,(H2,19,20,25). The maximum Gasteiger partial charge on any atom is 0.319 e. The summed E-state index contributed by atoms with van der Waals surface area (Å²) in [7, 11) is 3.03. The highest BCUT2D eigenvalue weighted by Crippen LogP contribution is 2.34. The van der Waals surface area contributed by atoms with Gasteiger partial charge in [0.05, 0.1) is 32.1 Å². The predicted octanol–water partition coefficient (Wildman–Crippen LogP) is 2.65. The van der Waals surface area contributed by atoms with E-state index in [2.05, 4.69) is 26.2 Å². The van der Waals surface area contributed by atoms with Crippen molar-refractivity contribution in [2.24, 2.45) is 0 Å². The second kappa shape index (κ2) is 8.37. The third kappa shape index (κ3) is 4.26. The van der Waals surface area contributed by atoms with E-state index in [0.29, 0.717) is 28.0 Å². The highest BCUT2D eigenvalue weighted by Gasteiger charge is 2.14. The summed E-state index contributed by atoms with van der Waals surface area (Å²) in [5.41, 5.74) is 1.21. The molecule has 1 aromatic heterocycles. The zero-order chi connectivity index (χ0) is 19.2. The number of ether oxygens (including phenoxy) is 2. The maximum absolute atomic E-state index is 12.3. The first-order valence-electron chi connectivity index (χ1n) is 7.91. The number of carbonyl (C=O) groups excluding carboxylic acids is 1. The number of para-hydroxylation sites is 1. The van der Waals surface area contributed by atoms with Gasteiger partial charge in [-0.05, 0) is 46.8 Å². The second-order valence-electron chi connectivity index (χ2n) is 5.33. The van der Waals surface area contributed by atoms with Crippen molar-refractivity contribution in [2.45, 2.75) is 6.54 Å². The van der Waals surface area contributed by atoms with Crippen LogP contribution in [0.5, 0.6) is 11.5 Å². The number of rotatable bonds is 6. The van der Waals surface area contributed by atoms with Crippen LogP contribution in [0.4, 0.5) is 10.5 Å². The number of carbonyl (C=O) groups is 1. The van der Waals surface area contributed by atoms with Gasteiger partial charge in [-0.1, -0.05) is 17.7 Å². The molecule has 2 N–H and O–H groups in total. The Bertz CT molecular complexity index is 929. The zero-order valence-electron chi connectivity index (χ0n) is 14.6. The number of tetrazole rings is 1. The van der Waals surface area contributed by atoms with Gasteiger partial charge in [0.2, 0.25) is 0 Å². The molecule has 0 unspecified atom stereocenters. The molecule has 0 bridgehead atoms. The number of amides is 2. The van der Waals surface area contributed by atoms with Crippen molar-refractivity contribution in [3.05, 3.63) is 53.3 Å². The van der Waals surface area contributed by atoms with Crippen molar-refractivity contribution in [3.8, 4) is 17.2 Å². The Balaban J connectivity index is 1.67. The number of methoxy groups -OCH3 is 2. The normalized spacial score (nSPS) is 10.3. The molecule has 0 aliphatic heterocycles. The maximum atomic E-state index is 12.3. The molecule has 0 saturated carbocycles. The average molecular weight is 389 g/mol. The summed E-state index contributed by atoms with van der Waals surface area (Å²) >= 11 is 5.89. The van der Waals surface area contributed by atoms with E-state index in [1.807, 2.05) is 0 Å². The molecule has 2 amide bonds. The van der Waals surface area contributed by atoms with Crippen LogP contribution in [0.3, 0.4) is 0 Å². The Kier molecular flexibility index (Phi) is 5.72. The van der Waals surface area contributed by atoms with Gasteiger partial charge in [-0.15, -0.1) is 5.10 Å². The van der Waals surface area contributed by atoms with E-state index in [0.717, 1.165) is 5.69 Å². The molecule has 0 aliphatic rings. The first-order valence-corrected chi connectivity index (χ1v) is 8.29. The first-order chi connectivity index (χ1) is 13.1. The van der Waals surface area contributed by atoms with E-state index in [1.165, 1.54) is 18.9 Å². The van der Waals surface area contributed by atoms with Crippen molar-refractivity contribution >= 4 is 23.3 Å². The third-order valence-corrected chi connectivity index (χ3v) is 3.92. The van der Waals surface area contributed by atoms with E-state index in [4.69, 9.17) is 21.1 Å². The molecular formula is C17H17ClN6O3. The fourth-order valence-corrected chi connectivity index (χ4v) is 2.54. The SMILES string of the molecule is COc1cccc(NC(=O)NCc2nnnn2-c2ccc(Cl)cc2)c1OC. The van der Waals surface area contributed by atoms with Crippen molar-refractivity contribution in [3.63, 3.8) is 0 Å². The predicted molar refractivity (Wildman–Crippen MR) is 99.6 cm³/mol. The number of urea groups is 1. The van der Waals surface area contributed by atoms with E-state index in [1.54, 1.807) is 42.5 Å². The fourth-order valence-electron chi connectivity index (χ4n) is 2.41. The summed E-state index contributed by atoms with van der Waals surface area (Å²) in [6.45, 7) is 0.119. The minimum absolute atomic E-state index is 0.119. The number of hydrogen-bond acceptors (Lipinski definition) is 6. The Morgan fingerprint density at radius 3 is 2.63 bits per heavy atom. The second-order valence-corrected chi connectivity index (χ2v) is 5.77. The van der Waals surface area contributed by atoms with E-state index >= 15 is 0 Å². The summed E-state index contributed by atoms with van der Waals surface area (Å²) in [4.78, 5) is 12.3. The Labute approximate surface area is 160 Å². The van der Waals surface area contributed by atoms with Gasteiger partial charge in [0.15, 0.2) is 17.3 Å². The Hall–Kier alpha value is -3.33. The van der Waals surface area contributed by atoms with Gasteiger partial charge in [-0.25, -0.2) is 4.79 Å². The minimum Gasteiger partial charge on any atom is -0.493 e. The molecule has 0 atom stereocenters. The van der Waals surface area contributed by atoms with Crippen LogP contribution in [-0.4, -0.2) is 40.5 Å². The van der Waals surface area contributed by atoms with Gasteiger partial charge in [0.1, 0.15) is 0 Å². The average Bonchev–Trinajstić information content (AvgIpc) is 3.15. The summed E-state index contributed by atoms with van der Waals surface area (Å²) in [6.07, 6.45) is 0. The molecule has 1 heterocycles. The van der Waals surface area contributed by atoms with Gasteiger partial charge >= 0.3 is 6.03 Å². The summed E-state index contributed by atoms with van der Waals surface area (Å²) in [5, 5.41) is 17.6. The number of hydrogen-bond donors (Lipinski definition) is 2. The van der Waals surface area contributed by atoms with Crippen LogP contribution in [0.25, 0.3) is 5.69 Å². The fraction of sp³-hybridized carbons (Fsp3) is 0.176. The molecule has 3 aromatic rings. The summed E-state index contributed by atoms with van der Waals surface area (Å²) in [6, 6.07) is 11.8. The van der Waals surface area contributed by atoms with Crippen LogP contribution in [-0.2, 0) is 6.54 Å². The van der Waals surface area contributed by atoms with Crippen molar-refractivity contribution in [2.75, 3.05) is 19.5 Å². The van der Waals surface area contributed by atoms with Gasteiger partial charge in [0, 0.05) is 5.02 Å². The molecule has 140 valence electrons. The zero-order valence-corrected chi connectivity index (χ0v) is 15.4. The van der Waals surface area contributed by atoms with Crippen molar-refractivity contribution < 1.29 is 14.3 Å². The minimum atomic E-state index is -0.438. The van der Waals surface area contributed by atoms with Crippen LogP contribution in [0.15, 0.2) is 42.5 Å². The number of nitrogens with one attached hydrogen (secondary N) is 2. The van der Waals surface area contributed by atoms with Crippen LogP contribution < -0.4 is 20.1 Å². The number of aromatic nitrogens is 4. The molecule has 0 spiro atoms. The number of anilines is 1. The third-order valence-electron chi connectivity index (χ3n) is 3.66. The lowest BCUT2D eigenvalue weighted by atomic mass is 10.2. The topological polar surface area (TPSA) is 103 Å². The van der Waals surface area contributed by atoms with Crippen LogP contribution >= 0.6 is 11.6 Å². The lowest BCUT2D eigenvalue weighted by Crippen LogP contribution is -2.29. The molecule has 3 rings (SSSR count). The van der Waals surface area contributed by atoms with Crippen molar-refractivity contribution in [1.29, 1.82) is 0 Å². The van der Waals surface area contributed by atoms with Gasteiger partial charge in [-0.3, -0.25) is 0 Å². The molecule has 2 aromatic carbocycles. The van der Waals surface area contributed by atoms with E-state index < -0.39 is 6.03 Å². The summed E-state index contributed by atoms with van der Waals surface area (Å²) in [5.74, 6) is 1.41. The molecule has 9 nitrogen and oxygen atoms in total. The smallest absolute Gasteiger partial charge is 0.319 e.